The maximum atomic E-state index is 13.7. The lowest BCUT2D eigenvalue weighted by Crippen LogP contribution is -2.27. The van der Waals surface area contributed by atoms with Crippen LogP contribution in [0.5, 0.6) is 0 Å². The van der Waals surface area contributed by atoms with E-state index in [0.717, 1.165) is 15.9 Å². The molecular formula is C20H19BrFN3O. The zero-order chi connectivity index (χ0) is 18.7. The predicted molar refractivity (Wildman–Crippen MR) is 103 cm³/mol. The van der Waals surface area contributed by atoms with Crippen molar-refractivity contribution in [2.45, 2.75) is 20.3 Å². The number of hydrogen-bond donors (Lipinski definition) is 1. The minimum atomic E-state index is -0.253. The Balaban J connectivity index is 1.73. The summed E-state index contributed by atoms with van der Waals surface area (Å²) in [5.41, 5.74) is 3.47. The minimum absolute atomic E-state index is 0.195. The summed E-state index contributed by atoms with van der Waals surface area (Å²) >= 11 is 3.41. The third kappa shape index (κ3) is 3.85. The number of hydrogen-bond acceptors (Lipinski definition) is 2. The number of benzene rings is 2. The van der Waals surface area contributed by atoms with Gasteiger partial charge in [-0.05, 0) is 56.2 Å². The van der Waals surface area contributed by atoms with Gasteiger partial charge in [-0.25, -0.2) is 9.07 Å². The predicted octanol–water partition coefficient (Wildman–Crippen LogP) is 4.36. The van der Waals surface area contributed by atoms with Crippen LogP contribution in [0.3, 0.4) is 0 Å². The standard InChI is InChI=1S/C20H19BrFN3O/c1-13-19(14(2)25(24-13)17-9-7-16(21)8-10-17)20(26)23-12-11-15-5-3-4-6-18(15)22/h3-10H,11-12H2,1-2H3,(H,23,26). The van der Waals surface area contributed by atoms with Gasteiger partial charge in [0.1, 0.15) is 5.82 Å². The normalized spacial score (nSPS) is 10.8. The SMILES string of the molecule is Cc1nn(-c2ccc(Br)cc2)c(C)c1C(=O)NCCc1ccccc1F. The molecule has 0 atom stereocenters. The maximum Gasteiger partial charge on any atom is 0.255 e. The van der Waals surface area contributed by atoms with Gasteiger partial charge in [0.15, 0.2) is 0 Å². The number of halogens is 2. The van der Waals surface area contributed by atoms with Crippen molar-refractivity contribution in [3.8, 4) is 5.69 Å². The van der Waals surface area contributed by atoms with Crippen molar-refractivity contribution in [1.82, 2.24) is 15.1 Å². The van der Waals surface area contributed by atoms with Crippen LogP contribution < -0.4 is 5.32 Å². The fraction of sp³-hybridized carbons (Fsp3) is 0.200. The van der Waals surface area contributed by atoms with Gasteiger partial charge < -0.3 is 5.32 Å². The van der Waals surface area contributed by atoms with Crippen molar-refractivity contribution >= 4 is 21.8 Å². The Bertz CT molecular complexity index is 935. The largest absolute Gasteiger partial charge is 0.352 e. The number of nitrogens with one attached hydrogen (secondary N) is 1. The maximum absolute atomic E-state index is 13.7. The van der Waals surface area contributed by atoms with E-state index in [4.69, 9.17) is 0 Å². The van der Waals surface area contributed by atoms with Gasteiger partial charge in [-0.1, -0.05) is 34.1 Å². The van der Waals surface area contributed by atoms with Gasteiger partial charge in [-0.15, -0.1) is 0 Å². The van der Waals surface area contributed by atoms with Crippen molar-refractivity contribution in [1.29, 1.82) is 0 Å². The minimum Gasteiger partial charge on any atom is -0.352 e. The first kappa shape index (κ1) is 18.3. The summed E-state index contributed by atoms with van der Waals surface area (Å²) < 4.78 is 16.4. The highest BCUT2D eigenvalue weighted by Crippen LogP contribution is 2.20. The lowest BCUT2D eigenvalue weighted by atomic mass is 10.1. The topological polar surface area (TPSA) is 46.9 Å². The van der Waals surface area contributed by atoms with Gasteiger partial charge in [0.2, 0.25) is 0 Å². The highest BCUT2D eigenvalue weighted by Gasteiger charge is 2.19. The molecule has 4 nitrogen and oxygen atoms in total. The molecule has 0 fully saturated rings. The lowest BCUT2D eigenvalue weighted by molar-refractivity contribution is 0.0953. The molecule has 0 spiro atoms. The molecule has 26 heavy (non-hydrogen) atoms. The van der Waals surface area contributed by atoms with E-state index in [1.807, 2.05) is 38.1 Å². The number of carbonyl (C=O) groups is 1. The van der Waals surface area contributed by atoms with Crippen LogP contribution >= 0.6 is 15.9 Å². The van der Waals surface area contributed by atoms with E-state index in [9.17, 15) is 9.18 Å². The molecule has 0 aliphatic carbocycles. The highest BCUT2D eigenvalue weighted by atomic mass is 79.9. The molecule has 0 saturated carbocycles. The molecule has 0 unspecified atom stereocenters. The van der Waals surface area contributed by atoms with E-state index in [1.165, 1.54) is 6.07 Å². The molecular weight excluding hydrogens is 397 g/mol. The summed E-state index contributed by atoms with van der Waals surface area (Å²) in [6.45, 7) is 4.05. The van der Waals surface area contributed by atoms with Gasteiger partial charge in [0.25, 0.3) is 5.91 Å². The molecule has 134 valence electrons. The van der Waals surface area contributed by atoms with Gasteiger partial charge >= 0.3 is 0 Å². The van der Waals surface area contributed by atoms with Crippen LogP contribution in [-0.4, -0.2) is 22.2 Å². The van der Waals surface area contributed by atoms with Crippen molar-refractivity contribution < 1.29 is 9.18 Å². The molecule has 0 aliphatic rings. The lowest BCUT2D eigenvalue weighted by Gasteiger charge is -2.08. The van der Waals surface area contributed by atoms with E-state index in [0.29, 0.717) is 29.8 Å². The number of aryl methyl sites for hydroxylation is 1. The molecule has 3 aromatic rings. The quantitative estimate of drug-likeness (QED) is 0.672. The van der Waals surface area contributed by atoms with E-state index in [2.05, 4.69) is 26.3 Å². The second-order valence-electron chi connectivity index (χ2n) is 6.03. The number of aromatic nitrogens is 2. The summed E-state index contributed by atoms with van der Waals surface area (Å²) in [4.78, 5) is 12.6. The van der Waals surface area contributed by atoms with E-state index < -0.39 is 0 Å². The Hall–Kier alpha value is -2.47. The van der Waals surface area contributed by atoms with Crippen LogP contribution in [0, 0.1) is 19.7 Å². The summed E-state index contributed by atoms with van der Waals surface area (Å²) in [5.74, 6) is -0.447. The molecule has 0 saturated heterocycles. The number of nitrogens with zero attached hydrogens (tertiary/aromatic N) is 2. The summed E-state index contributed by atoms with van der Waals surface area (Å²) in [6.07, 6.45) is 0.442. The van der Waals surface area contributed by atoms with E-state index in [-0.39, 0.29) is 11.7 Å². The summed E-state index contributed by atoms with van der Waals surface area (Å²) in [7, 11) is 0. The molecule has 0 aliphatic heterocycles. The number of carbonyl (C=O) groups excluding carboxylic acids is 1. The third-order valence-corrected chi connectivity index (χ3v) is 4.76. The fourth-order valence-electron chi connectivity index (χ4n) is 2.91. The Kier molecular flexibility index (Phi) is 5.52. The Labute approximate surface area is 160 Å². The third-order valence-electron chi connectivity index (χ3n) is 4.23. The number of amides is 1. The molecule has 2 aromatic carbocycles. The molecule has 1 N–H and O–H groups in total. The van der Waals surface area contributed by atoms with Crippen molar-refractivity contribution in [2.75, 3.05) is 6.54 Å². The van der Waals surface area contributed by atoms with Gasteiger partial charge in [0.05, 0.1) is 22.6 Å². The first-order valence-corrected chi connectivity index (χ1v) is 9.10. The zero-order valence-corrected chi connectivity index (χ0v) is 16.2. The van der Waals surface area contributed by atoms with Crippen LogP contribution in [0.15, 0.2) is 53.0 Å². The van der Waals surface area contributed by atoms with Gasteiger partial charge in [-0.3, -0.25) is 4.79 Å². The fourth-order valence-corrected chi connectivity index (χ4v) is 3.17. The van der Waals surface area contributed by atoms with E-state index >= 15 is 0 Å². The molecule has 0 radical (unpaired) electrons. The summed E-state index contributed by atoms with van der Waals surface area (Å²) in [6, 6.07) is 14.3. The average molecular weight is 416 g/mol. The Morgan fingerprint density at radius 3 is 2.54 bits per heavy atom. The molecule has 6 heteroatoms. The number of rotatable bonds is 5. The Morgan fingerprint density at radius 1 is 1.15 bits per heavy atom. The first-order chi connectivity index (χ1) is 12.5. The molecule has 1 heterocycles. The van der Waals surface area contributed by atoms with Crippen LogP contribution in [-0.2, 0) is 6.42 Å². The van der Waals surface area contributed by atoms with E-state index in [1.54, 1.807) is 22.9 Å². The zero-order valence-electron chi connectivity index (χ0n) is 14.6. The second kappa shape index (κ2) is 7.83. The van der Waals surface area contributed by atoms with Gasteiger partial charge in [0, 0.05) is 11.0 Å². The van der Waals surface area contributed by atoms with Crippen LogP contribution in [0.2, 0.25) is 0 Å². The molecule has 0 bridgehead atoms. The van der Waals surface area contributed by atoms with Crippen molar-refractivity contribution in [3.63, 3.8) is 0 Å². The molecule has 1 aromatic heterocycles. The Morgan fingerprint density at radius 2 is 1.85 bits per heavy atom. The van der Waals surface area contributed by atoms with Crippen LogP contribution in [0.4, 0.5) is 4.39 Å². The van der Waals surface area contributed by atoms with Crippen molar-refractivity contribution in [2.24, 2.45) is 0 Å². The first-order valence-electron chi connectivity index (χ1n) is 8.31. The van der Waals surface area contributed by atoms with Crippen LogP contribution in [0.1, 0.15) is 27.3 Å². The second-order valence-corrected chi connectivity index (χ2v) is 6.95. The van der Waals surface area contributed by atoms with Crippen LogP contribution in [0.25, 0.3) is 5.69 Å². The van der Waals surface area contributed by atoms with Crippen molar-refractivity contribution in [3.05, 3.63) is 81.3 Å². The molecule has 1 amide bonds. The monoisotopic (exact) mass is 415 g/mol. The average Bonchev–Trinajstić information content (AvgIpc) is 2.92. The highest BCUT2D eigenvalue weighted by molar-refractivity contribution is 9.10. The molecule has 3 rings (SSSR count). The van der Waals surface area contributed by atoms with Gasteiger partial charge in [-0.2, -0.15) is 5.10 Å². The smallest absolute Gasteiger partial charge is 0.255 e. The summed E-state index contributed by atoms with van der Waals surface area (Å²) in [5, 5.41) is 7.36.